The van der Waals surface area contributed by atoms with E-state index >= 15 is 0 Å². The Kier molecular flexibility index (Phi) is 5.30. The molecule has 1 N–H and O–H groups in total. The summed E-state index contributed by atoms with van der Waals surface area (Å²) in [6.45, 7) is 0. The first-order chi connectivity index (χ1) is 11.7. The van der Waals surface area contributed by atoms with Gasteiger partial charge in [-0.25, -0.2) is 0 Å². The summed E-state index contributed by atoms with van der Waals surface area (Å²) in [4.78, 5) is 13.7. The van der Waals surface area contributed by atoms with Gasteiger partial charge in [-0.15, -0.1) is 11.8 Å². The number of carbonyl (C=O) groups excluding carboxylic acids is 1. The van der Waals surface area contributed by atoms with E-state index in [2.05, 4.69) is 17.4 Å². The Labute approximate surface area is 146 Å². The summed E-state index contributed by atoms with van der Waals surface area (Å²) in [5.74, 6) is 2.36. The van der Waals surface area contributed by atoms with E-state index in [0.717, 1.165) is 17.7 Å². The molecule has 5 heteroatoms. The Balaban J connectivity index is 1.69. The molecule has 24 heavy (non-hydrogen) atoms. The fourth-order valence-electron chi connectivity index (χ4n) is 2.91. The Morgan fingerprint density at radius 1 is 1.17 bits per heavy atom. The third-order valence-electron chi connectivity index (χ3n) is 4.11. The number of fused-ring (bicyclic) bond motifs is 1. The first-order valence-electron chi connectivity index (χ1n) is 7.93. The highest BCUT2D eigenvalue weighted by Crippen LogP contribution is 2.36. The monoisotopic (exact) mass is 343 g/mol. The van der Waals surface area contributed by atoms with Gasteiger partial charge in [-0.3, -0.25) is 4.79 Å². The lowest BCUT2D eigenvalue weighted by Gasteiger charge is -2.26. The number of hydrogen-bond donors (Lipinski definition) is 1. The summed E-state index contributed by atoms with van der Waals surface area (Å²) in [5.41, 5.74) is 2.12. The highest BCUT2D eigenvalue weighted by Gasteiger charge is 2.22. The van der Waals surface area contributed by atoms with Crippen molar-refractivity contribution in [1.82, 2.24) is 5.32 Å². The van der Waals surface area contributed by atoms with Crippen LogP contribution in [-0.4, -0.2) is 25.9 Å². The van der Waals surface area contributed by atoms with Crippen LogP contribution in [0.2, 0.25) is 0 Å². The molecule has 2 aromatic rings. The molecule has 1 aliphatic heterocycles. The molecule has 0 radical (unpaired) electrons. The van der Waals surface area contributed by atoms with Crippen LogP contribution in [0.4, 0.5) is 0 Å². The van der Waals surface area contributed by atoms with Gasteiger partial charge in [0.1, 0.15) is 0 Å². The number of nitrogens with one attached hydrogen (secondary N) is 1. The number of hydrogen-bond acceptors (Lipinski definition) is 4. The van der Waals surface area contributed by atoms with E-state index in [-0.39, 0.29) is 11.9 Å². The van der Waals surface area contributed by atoms with Gasteiger partial charge >= 0.3 is 0 Å². The van der Waals surface area contributed by atoms with Crippen LogP contribution in [0.25, 0.3) is 0 Å². The van der Waals surface area contributed by atoms with Gasteiger partial charge in [-0.1, -0.05) is 24.3 Å². The van der Waals surface area contributed by atoms with Crippen molar-refractivity contribution in [2.45, 2.75) is 23.8 Å². The van der Waals surface area contributed by atoms with Crippen LogP contribution in [-0.2, 0) is 11.2 Å². The Morgan fingerprint density at radius 3 is 2.75 bits per heavy atom. The van der Waals surface area contributed by atoms with Crippen molar-refractivity contribution in [3.05, 3.63) is 53.6 Å². The molecule has 0 fully saturated rings. The minimum atomic E-state index is 0.0222. The van der Waals surface area contributed by atoms with E-state index in [0.29, 0.717) is 17.9 Å². The number of ether oxygens (including phenoxy) is 2. The summed E-state index contributed by atoms with van der Waals surface area (Å²) in [6.07, 6.45) is 1.28. The maximum atomic E-state index is 12.5. The minimum Gasteiger partial charge on any atom is -0.493 e. The molecule has 1 heterocycles. The lowest BCUT2D eigenvalue weighted by Crippen LogP contribution is -2.31. The zero-order valence-corrected chi connectivity index (χ0v) is 14.7. The number of methoxy groups -OCH3 is 2. The molecule has 1 atom stereocenters. The quantitative estimate of drug-likeness (QED) is 0.901. The molecule has 126 valence electrons. The van der Waals surface area contributed by atoms with Gasteiger partial charge in [0.15, 0.2) is 11.5 Å². The summed E-state index contributed by atoms with van der Waals surface area (Å²) >= 11 is 1.85. The van der Waals surface area contributed by atoms with E-state index in [4.69, 9.17) is 9.47 Å². The molecule has 4 nitrogen and oxygen atoms in total. The van der Waals surface area contributed by atoms with E-state index in [1.807, 2.05) is 42.1 Å². The average molecular weight is 343 g/mol. The summed E-state index contributed by atoms with van der Waals surface area (Å²) in [6, 6.07) is 13.9. The second kappa shape index (κ2) is 7.62. The maximum Gasteiger partial charge on any atom is 0.224 e. The summed E-state index contributed by atoms with van der Waals surface area (Å²) < 4.78 is 10.5. The third kappa shape index (κ3) is 3.67. The average Bonchev–Trinajstić information content (AvgIpc) is 2.62. The Bertz CT molecular complexity index is 732. The summed E-state index contributed by atoms with van der Waals surface area (Å²) in [5, 5.41) is 3.17. The largest absolute Gasteiger partial charge is 0.493 e. The smallest absolute Gasteiger partial charge is 0.224 e. The zero-order chi connectivity index (χ0) is 16.9. The molecule has 3 rings (SSSR count). The van der Waals surface area contributed by atoms with Crippen LogP contribution in [0.3, 0.4) is 0 Å². The van der Waals surface area contributed by atoms with E-state index in [9.17, 15) is 4.79 Å². The van der Waals surface area contributed by atoms with Crippen molar-refractivity contribution in [3.8, 4) is 11.5 Å². The fourth-order valence-corrected chi connectivity index (χ4v) is 4.04. The van der Waals surface area contributed by atoms with Gasteiger partial charge in [0, 0.05) is 10.6 Å². The molecule has 0 spiro atoms. The number of carbonyl (C=O) groups is 1. The second-order valence-corrected chi connectivity index (χ2v) is 6.80. The molecule has 0 bridgehead atoms. The third-order valence-corrected chi connectivity index (χ3v) is 5.23. The molecule has 0 saturated carbocycles. The van der Waals surface area contributed by atoms with Crippen molar-refractivity contribution in [2.24, 2.45) is 0 Å². The topological polar surface area (TPSA) is 47.6 Å². The molecular weight excluding hydrogens is 322 g/mol. The van der Waals surface area contributed by atoms with Gasteiger partial charge in [0.2, 0.25) is 5.91 Å². The molecular formula is C19H21NO3S. The first kappa shape index (κ1) is 16.7. The predicted molar refractivity (Wildman–Crippen MR) is 95.9 cm³/mol. The lowest BCUT2D eigenvalue weighted by atomic mass is 10.0. The van der Waals surface area contributed by atoms with Crippen LogP contribution in [0.5, 0.6) is 11.5 Å². The van der Waals surface area contributed by atoms with Gasteiger partial charge in [-0.05, 0) is 35.7 Å². The van der Waals surface area contributed by atoms with E-state index < -0.39 is 0 Å². The van der Waals surface area contributed by atoms with E-state index in [1.54, 1.807) is 14.2 Å². The molecule has 0 aliphatic carbocycles. The standard InChI is InChI=1S/C19H21NO3S/c1-22-16-8-7-13(11-17(16)23-2)12-19(21)20-15-9-10-24-18-6-4-3-5-14(15)18/h3-8,11,15H,9-10,12H2,1-2H3,(H,20,21)/t15-/m0/s1. The molecule has 0 aromatic heterocycles. The summed E-state index contributed by atoms with van der Waals surface area (Å²) in [7, 11) is 3.20. The lowest BCUT2D eigenvalue weighted by molar-refractivity contribution is -0.121. The van der Waals surface area contributed by atoms with Gasteiger partial charge in [0.25, 0.3) is 0 Å². The normalized spacial score (nSPS) is 16.2. The van der Waals surface area contributed by atoms with Crippen molar-refractivity contribution in [2.75, 3.05) is 20.0 Å². The predicted octanol–water partition coefficient (Wildman–Crippen LogP) is 3.60. The fraction of sp³-hybridized carbons (Fsp3) is 0.316. The molecule has 0 unspecified atom stereocenters. The SMILES string of the molecule is COc1ccc(CC(=O)N[C@H]2CCSc3ccccc32)cc1OC. The van der Waals surface area contributed by atoms with Gasteiger partial charge < -0.3 is 14.8 Å². The first-order valence-corrected chi connectivity index (χ1v) is 8.92. The number of rotatable bonds is 5. The second-order valence-electron chi connectivity index (χ2n) is 5.66. The van der Waals surface area contributed by atoms with Crippen LogP contribution in [0, 0.1) is 0 Å². The van der Waals surface area contributed by atoms with E-state index in [1.165, 1.54) is 10.5 Å². The number of amides is 1. The molecule has 0 saturated heterocycles. The highest BCUT2D eigenvalue weighted by molar-refractivity contribution is 7.99. The number of thioether (sulfide) groups is 1. The van der Waals surface area contributed by atoms with Crippen molar-refractivity contribution in [1.29, 1.82) is 0 Å². The molecule has 1 amide bonds. The molecule has 2 aromatic carbocycles. The van der Waals surface area contributed by atoms with Gasteiger partial charge in [-0.2, -0.15) is 0 Å². The minimum absolute atomic E-state index is 0.0222. The molecule has 1 aliphatic rings. The Hall–Kier alpha value is -2.14. The highest BCUT2D eigenvalue weighted by atomic mass is 32.2. The van der Waals surface area contributed by atoms with Crippen molar-refractivity contribution < 1.29 is 14.3 Å². The zero-order valence-electron chi connectivity index (χ0n) is 13.9. The maximum absolute atomic E-state index is 12.5. The van der Waals surface area contributed by atoms with Crippen LogP contribution >= 0.6 is 11.8 Å². The van der Waals surface area contributed by atoms with Crippen molar-refractivity contribution >= 4 is 17.7 Å². The van der Waals surface area contributed by atoms with Gasteiger partial charge in [0.05, 0.1) is 26.7 Å². The van der Waals surface area contributed by atoms with Crippen molar-refractivity contribution in [3.63, 3.8) is 0 Å². The number of benzene rings is 2. The Morgan fingerprint density at radius 2 is 1.96 bits per heavy atom. The van der Waals surface area contributed by atoms with Crippen LogP contribution < -0.4 is 14.8 Å². The van der Waals surface area contributed by atoms with Crippen LogP contribution in [0.15, 0.2) is 47.4 Å². The van der Waals surface area contributed by atoms with Crippen LogP contribution in [0.1, 0.15) is 23.6 Å².